The second-order valence-electron chi connectivity index (χ2n) is 4.84. The number of nitrogen functional groups attached to an aromatic ring is 1. The van der Waals surface area contributed by atoms with Gasteiger partial charge in [-0.2, -0.15) is 5.26 Å². The molecule has 112 valence electrons. The van der Waals surface area contributed by atoms with Gasteiger partial charge in [-0.3, -0.25) is 4.79 Å². The molecule has 1 saturated carbocycles. The van der Waals surface area contributed by atoms with Crippen molar-refractivity contribution in [3.63, 3.8) is 0 Å². The summed E-state index contributed by atoms with van der Waals surface area (Å²) in [4.78, 5) is 23.6. The highest BCUT2D eigenvalue weighted by Gasteiger charge is 2.28. The van der Waals surface area contributed by atoms with Crippen LogP contribution in [0.15, 0.2) is 0 Å². The quantitative estimate of drug-likeness (QED) is 0.491. The van der Waals surface area contributed by atoms with Crippen molar-refractivity contribution in [1.29, 1.82) is 5.26 Å². The fourth-order valence-electron chi connectivity index (χ4n) is 2.37. The number of esters is 1. The summed E-state index contributed by atoms with van der Waals surface area (Å²) < 4.78 is 4.69. The van der Waals surface area contributed by atoms with Gasteiger partial charge in [0.2, 0.25) is 0 Å². The average Bonchev–Trinajstić information content (AvgIpc) is 3.07. The van der Waals surface area contributed by atoms with E-state index >= 15 is 0 Å². The molecule has 21 heavy (non-hydrogen) atoms. The number of carbonyl (C=O) groups excluding carboxylic acids is 2. The van der Waals surface area contributed by atoms with Crippen molar-refractivity contribution >= 4 is 33.8 Å². The summed E-state index contributed by atoms with van der Waals surface area (Å²) in [5.41, 5.74) is 6.14. The SMILES string of the molecule is CCOC(=O)C(=O)c1sc(NC2CCCC2)c(C#N)c1N. The number of hydrogen-bond acceptors (Lipinski definition) is 7. The predicted molar refractivity (Wildman–Crippen MR) is 80.3 cm³/mol. The number of thiophene rings is 1. The molecule has 0 bridgehead atoms. The lowest BCUT2D eigenvalue weighted by molar-refractivity contribution is -0.137. The summed E-state index contributed by atoms with van der Waals surface area (Å²) in [6, 6.07) is 2.29. The predicted octanol–water partition coefficient (Wildman–Crippen LogP) is 2.30. The molecule has 0 atom stereocenters. The molecule has 0 aliphatic heterocycles. The lowest BCUT2D eigenvalue weighted by Crippen LogP contribution is -2.17. The molecule has 0 amide bonds. The monoisotopic (exact) mass is 307 g/mol. The normalized spacial score (nSPS) is 14.7. The minimum absolute atomic E-state index is 0.0565. The van der Waals surface area contributed by atoms with Gasteiger partial charge >= 0.3 is 5.97 Å². The van der Waals surface area contributed by atoms with Gasteiger partial charge in [0.15, 0.2) is 0 Å². The Balaban J connectivity index is 2.27. The molecule has 1 aromatic rings. The minimum atomic E-state index is -0.942. The third kappa shape index (κ3) is 3.16. The molecule has 1 heterocycles. The molecule has 6 nitrogen and oxygen atoms in total. The van der Waals surface area contributed by atoms with E-state index in [2.05, 4.69) is 10.1 Å². The van der Waals surface area contributed by atoms with E-state index in [4.69, 9.17) is 5.73 Å². The Morgan fingerprint density at radius 2 is 2.14 bits per heavy atom. The molecular formula is C14H17N3O3S. The number of ether oxygens (including phenoxy) is 1. The third-order valence-electron chi connectivity index (χ3n) is 3.41. The number of carbonyl (C=O) groups is 2. The first-order valence-corrected chi connectivity index (χ1v) is 7.70. The molecule has 0 unspecified atom stereocenters. The molecule has 0 radical (unpaired) electrons. The molecule has 1 fully saturated rings. The molecule has 0 aromatic carbocycles. The van der Waals surface area contributed by atoms with Crippen LogP contribution >= 0.6 is 11.3 Å². The lowest BCUT2D eigenvalue weighted by atomic mass is 10.2. The van der Waals surface area contributed by atoms with Crippen LogP contribution in [0.1, 0.15) is 47.8 Å². The number of nitrogens with zero attached hydrogens (tertiary/aromatic N) is 1. The highest BCUT2D eigenvalue weighted by Crippen LogP contribution is 2.37. The van der Waals surface area contributed by atoms with Crippen molar-refractivity contribution in [2.75, 3.05) is 17.7 Å². The van der Waals surface area contributed by atoms with E-state index in [1.807, 2.05) is 6.07 Å². The Hall–Kier alpha value is -2.07. The Kier molecular flexibility index (Phi) is 4.81. The van der Waals surface area contributed by atoms with Crippen LogP contribution in [0.5, 0.6) is 0 Å². The zero-order chi connectivity index (χ0) is 15.4. The number of nitriles is 1. The van der Waals surface area contributed by atoms with Gasteiger partial charge in [-0.05, 0) is 19.8 Å². The minimum Gasteiger partial charge on any atom is -0.460 e. The van der Waals surface area contributed by atoms with Gasteiger partial charge in [-0.25, -0.2) is 4.79 Å². The number of hydrogen-bond donors (Lipinski definition) is 2. The van der Waals surface area contributed by atoms with Gasteiger partial charge in [-0.15, -0.1) is 11.3 Å². The van der Waals surface area contributed by atoms with Crippen LogP contribution < -0.4 is 11.1 Å². The summed E-state index contributed by atoms with van der Waals surface area (Å²) in [5.74, 6) is -1.74. The van der Waals surface area contributed by atoms with Crippen LogP contribution in [-0.2, 0) is 9.53 Å². The van der Waals surface area contributed by atoms with E-state index in [1.54, 1.807) is 6.92 Å². The average molecular weight is 307 g/mol. The van der Waals surface area contributed by atoms with Gasteiger partial charge in [0.25, 0.3) is 5.78 Å². The van der Waals surface area contributed by atoms with Crippen molar-refractivity contribution in [3.8, 4) is 6.07 Å². The Bertz CT molecular complexity index is 597. The highest BCUT2D eigenvalue weighted by atomic mass is 32.1. The Morgan fingerprint density at radius 1 is 1.48 bits per heavy atom. The van der Waals surface area contributed by atoms with Crippen molar-refractivity contribution in [2.45, 2.75) is 38.6 Å². The van der Waals surface area contributed by atoms with Crippen LogP contribution in [0.25, 0.3) is 0 Å². The first kappa shape index (κ1) is 15.3. The smallest absolute Gasteiger partial charge is 0.380 e. The summed E-state index contributed by atoms with van der Waals surface area (Å²) in [6.07, 6.45) is 4.36. The van der Waals surface area contributed by atoms with Crippen LogP contribution in [0.2, 0.25) is 0 Å². The third-order valence-corrected chi connectivity index (χ3v) is 4.55. The second-order valence-corrected chi connectivity index (χ2v) is 5.86. The van der Waals surface area contributed by atoms with Crippen molar-refractivity contribution in [1.82, 2.24) is 0 Å². The van der Waals surface area contributed by atoms with Crippen LogP contribution in [0.4, 0.5) is 10.7 Å². The van der Waals surface area contributed by atoms with E-state index in [0.717, 1.165) is 37.0 Å². The highest BCUT2D eigenvalue weighted by molar-refractivity contribution is 7.19. The number of anilines is 2. The zero-order valence-electron chi connectivity index (χ0n) is 11.8. The van der Waals surface area contributed by atoms with Crippen LogP contribution in [0.3, 0.4) is 0 Å². The van der Waals surface area contributed by atoms with Gasteiger partial charge in [0.05, 0.1) is 12.3 Å². The van der Waals surface area contributed by atoms with Crippen molar-refractivity contribution < 1.29 is 14.3 Å². The Labute approximate surface area is 126 Å². The Morgan fingerprint density at radius 3 is 2.71 bits per heavy atom. The number of nitrogens with one attached hydrogen (secondary N) is 1. The van der Waals surface area contributed by atoms with E-state index < -0.39 is 11.8 Å². The maximum absolute atomic E-state index is 12.0. The van der Waals surface area contributed by atoms with Gasteiger partial charge in [-0.1, -0.05) is 12.8 Å². The summed E-state index contributed by atoms with van der Waals surface area (Å²) >= 11 is 1.05. The molecular weight excluding hydrogens is 290 g/mol. The molecule has 0 saturated heterocycles. The molecule has 1 aromatic heterocycles. The van der Waals surface area contributed by atoms with Crippen LogP contribution in [-0.4, -0.2) is 24.4 Å². The van der Waals surface area contributed by atoms with Crippen molar-refractivity contribution in [3.05, 3.63) is 10.4 Å². The molecule has 2 rings (SSSR count). The van der Waals surface area contributed by atoms with Gasteiger partial charge < -0.3 is 15.8 Å². The van der Waals surface area contributed by atoms with E-state index in [9.17, 15) is 14.9 Å². The standard InChI is InChI=1S/C14H17N3O3S/c1-2-20-14(19)11(18)12-10(16)9(7-15)13(21-12)17-8-5-3-4-6-8/h8,17H,2-6,16H2,1H3. The van der Waals surface area contributed by atoms with E-state index in [1.165, 1.54) is 0 Å². The molecule has 0 spiro atoms. The summed E-state index contributed by atoms with van der Waals surface area (Å²) in [7, 11) is 0. The maximum atomic E-state index is 12.0. The lowest BCUT2D eigenvalue weighted by Gasteiger charge is -2.11. The van der Waals surface area contributed by atoms with Crippen molar-refractivity contribution in [2.24, 2.45) is 0 Å². The molecule has 3 N–H and O–H groups in total. The van der Waals surface area contributed by atoms with Gasteiger partial charge in [0.1, 0.15) is 21.5 Å². The van der Waals surface area contributed by atoms with E-state index in [-0.39, 0.29) is 22.7 Å². The number of Topliss-reactive ketones (excluding diaryl/α,β-unsaturated/α-hetero) is 1. The number of ketones is 1. The summed E-state index contributed by atoms with van der Waals surface area (Å²) in [5, 5.41) is 13.0. The fraction of sp³-hybridized carbons (Fsp3) is 0.500. The number of nitrogens with two attached hydrogens (primary N) is 1. The summed E-state index contributed by atoms with van der Waals surface area (Å²) in [6.45, 7) is 1.74. The molecule has 7 heteroatoms. The zero-order valence-corrected chi connectivity index (χ0v) is 12.6. The first-order chi connectivity index (χ1) is 10.1. The molecule has 1 aliphatic carbocycles. The number of rotatable bonds is 5. The molecule has 1 aliphatic rings. The van der Waals surface area contributed by atoms with Gasteiger partial charge in [0, 0.05) is 6.04 Å². The maximum Gasteiger partial charge on any atom is 0.380 e. The second kappa shape index (κ2) is 6.59. The van der Waals surface area contributed by atoms with Crippen LogP contribution in [0, 0.1) is 11.3 Å². The fourth-order valence-corrected chi connectivity index (χ4v) is 3.45. The van der Waals surface area contributed by atoms with E-state index in [0.29, 0.717) is 11.0 Å². The first-order valence-electron chi connectivity index (χ1n) is 6.88. The topological polar surface area (TPSA) is 105 Å². The largest absolute Gasteiger partial charge is 0.460 e.